The van der Waals surface area contributed by atoms with Gasteiger partial charge in [-0.3, -0.25) is 4.90 Å². The molecule has 0 bridgehead atoms. The van der Waals surface area contributed by atoms with Gasteiger partial charge in [-0.15, -0.1) is 0 Å². The quantitative estimate of drug-likeness (QED) is 0.733. The molecule has 2 aromatic carbocycles. The van der Waals surface area contributed by atoms with Crippen LogP contribution in [0.5, 0.6) is 0 Å². The second-order valence-electron chi connectivity index (χ2n) is 5.56. The summed E-state index contributed by atoms with van der Waals surface area (Å²) in [6.45, 7) is 2.73. The standard InChI is InChI=1S/C17H17N3O/c18-14-5-6-16-15(9-14)19-17(21-16)11-20-8-7-12-3-1-2-4-13(12)10-20/h1-6,9H,7-8,10-11,18H2. The Kier molecular flexibility index (Phi) is 2.89. The largest absolute Gasteiger partial charge is 0.439 e. The van der Waals surface area contributed by atoms with E-state index in [-0.39, 0.29) is 0 Å². The van der Waals surface area contributed by atoms with E-state index in [0.29, 0.717) is 5.69 Å². The molecule has 2 N–H and O–H groups in total. The topological polar surface area (TPSA) is 55.3 Å². The van der Waals surface area contributed by atoms with E-state index in [1.807, 2.05) is 18.2 Å². The molecule has 0 aliphatic carbocycles. The molecule has 0 fully saturated rings. The summed E-state index contributed by atoms with van der Waals surface area (Å²) < 4.78 is 5.81. The van der Waals surface area contributed by atoms with E-state index in [2.05, 4.69) is 34.1 Å². The smallest absolute Gasteiger partial charge is 0.209 e. The zero-order valence-corrected chi connectivity index (χ0v) is 11.7. The summed E-state index contributed by atoms with van der Waals surface area (Å²) in [5, 5.41) is 0. The highest BCUT2D eigenvalue weighted by Gasteiger charge is 2.18. The number of anilines is 1. The fraction of sp³-hybridized carbons (Fsp3) is 0.235. The molecule has 0 atom stereocenters. The van der Waals surface area contributed by atoms with Gasteiger partial charge in [0.25, 0.3) is 0 Å². The van der Waals surface area contributed by atoms with Crippen molar-refractivity contribution in [3.8, 4) is 0 Å². The summed E-state index contributed by atoms with van der Waals surface area (Å²) in [6, 6.07) is 14.2. The van der Waals surface area contributed by atoms with E-state index in [0.717, 1.165) is 43.0 Å². The molecule has 0 amide bonds. The Hall–Kier alpha value is -2.33. The SMILES string of the molecule is Nc1ccc2oc(CN3CCc4ccccc4C3)nc2c1. The molecule has 0 saturated carbocycles. The minimum Gasteiger partial charge on any atom is -0.439 e. The van der Waals surface area contributed by atoms with Crippen molar-refractivity contribution in [3.63, 3.8) is 0 Å². The van der Waals surface area contributed by atoms with Gasteiger partial charge in [0.1, 0.15) is 5.52 Å². The number of fused-ring (bicyclic) bond motifs is 2. The van der Waals surface area contributed by atoms with Crippen molar-refractivity contribution in [1.82, 2.24) is 9.88 Å². The molecule has 4 nitrogen and oxygen atoms in total. The Balaban J connectivity index is 1.55. The number of hydrogen-bond acceptors (Lipinski definition) is 4. The number of aromatic nitrogens is 1. The Bertz CT molecular complexity index is 794. The normalized spacial score (nSPS) is 15.2. The van der Waals surface area contributed by atoms with E-state index < -0.39 is 0 Å². The van der Waals surface area contributed by atoms with Crippen molar-refractivity contribution in [1.29, 1.82) is 0 Å². The van der Waals surface area contributed by atoms with Gasteiger partial charge in [-0.05, 0) is 35.7 Å². The highest BCUT2D eigenvalue weighted by atomic mass is 16.3. The Morgan fingerprint density at radius 1 is 1.14 bits per heavy atom. The third-order valence-corrected chi connectivity index (χ3v) is 4.02. The Morgan fingerprint density at radius 2 is 2.00 bits per heavy atom. The lowest BCUT2D eigenvalue weighted by atomic mass is 10.00. The van der Waals surface area contributed by atoms with Gasteiger partial charge >= 0.3 is 0 Å². The second-order valence-corrected chi connectivity index (χ2v) is 5.56. The van der Waals surface area contributed by atoms with Crippen molar-refractivity contribution < 1.29 is 4.42 Å². The fourth-order valence-corrected chi connectivity index (χ4v) is 2.94. The summed E-state index contributed by atoms with van der Waals surface area (Å²) in [5.41, 5.74) is 11.0. The number of benzene rings is 2. The van der Waals surface area contributed by atoms with Crippen LogP contribution in [0.2, 0.25) is 0 Å². The van der Waals surface area contributed by atoms with E-state index in [1.165, 1.54) is 11.1 Å². The number of nitrogens with two attached hydrogens (primary N) is 1. The first-order valence-corrected chi connectivity index (χ1v) is 7.22. The van der Waals surface area contributed by atoms with Gasteiger partial charge in [0.2, 0.25) is 5.89 Å². The minimum absolute atomic E-state index is 0.717. The third-order valence-electron chi connectivity index (χ3n) is 4.02. The van der Waals surface area contributed by atoms with Gasteiger partial charge in [-0.1, -0.05) is 24.3 Å². The van der Waals surface area contributed by atoms with Gasteiger partial charge < -0.3 is 10.2 Å². The summed E-state index contributed by atoms with van der Waals surface area (Å²) >= 11 is 0. The van der Waals surface area contributed by atoms with Gasteiger partial charge in [-0.2, -0.15) is 0 Å². The maximum atomic E-state index is 5.81. The lowest BCUT2D eigenvalue weighted by molar-refractivity contribution is 0.223. The minimum atomic E-state index is 0.717. The van der Waals surface area contributed by atoms with Crippen LogP contribution in [0.1, 0.15) is 17.0 Å². The summed E-state index contributed by atoms with van der Waals surface area (Å²) in [6.07, 6.45) is 1.09. The Labute approximate surface area is 123 Å². The van der Waals surface area contributed by atoms with Crippen molar-refractivity contribution >= 4 is 16.8 Å². The lowest BCUT2D eigenvalue weighted by Gasteiger charge is -2.27. The van der Waals surface area contributed by atoms with Crippen LogP contribution in [0, 0.1) is 0 Å². The van der Waals surface area contributed by atoms with Gasteiger partial charge in [-0.25, -0.2) is 4.98 Å². The van der Waals surface area contributed by atoms with E-state index in [9.17, 15) is 0 Å². The molecule has 0 radical (unpaired) electrons. The molecule has 1 aliphatic rings. The highest BCUT2D eigenvalue weighted by Crippen LogP contribution is 2.22. The van der Waals surface area contributed by atoms with Gasteiger partial charge in [0.15, 0.2) is 5.58 Å². The van der Waals surface area contributed by atoms with Crippen LogP contribution in [-0.2, 0) is 19.5 Å². The zero-order chi connectivity index (χ0) is 14.2. The third kappa shape index (κ3) is 2.38. The number of rotatable bonds is 2. The highest BCUT2D eigenvalue weighted by molar-refractivity contribution is 5.76. The van der Waals surface area contributed by atoms with Gasteiger partial charge in [0, 0.05) is 18.8 Å². The van der Waals surface area contributed by atoms with Crippen LogP contribution in [0.3, 0.4) is 0 Å². The van der Waals surface area contributed by atoms with Crippen LogP contribution >= 0.6 is 0 Å². The molecule has 106 valence electrons. The molecule has 0 unspecified atom stereocenters. The average molecular weight is 279 g/mol. The molecule has 1 aromatic heterocycles. The van der Waals surface area contributed by atoms with Crippen LogP contribution < -0.4 is 5.73 Å². The zero-order valence-electron chi connectivity index (χ0n) is 11.7. The number of oxazole rings is 1. The predicted octanol–water partition coefficient (Wildman–Crippen LogP) is 2.97. The summed E-state index contributed by atoms with van der Waals surface area (Å²) in [7, 11) is 0. The van der Waals surface area contributed by atoms with Crippen LogP contribution in [-0.4, -0.2) is 16.4 Å². The van der Waals surface area contributed by atoms with E-state index in [1.54, 1.807) is 0 Å². The fourth-order valence-electron chi connectivity index (χ4n) is 2.94. The molecule has 0 saturated heterocycles. The van der Waals surface area contributed by atoms with Crippen LogP contribution in [0.15, 0.2) is 46.9 Å². The first-order chi connectivity index (χ1) is 10.3. The maximum absolute atomic E-state index is 5.81. The molecular formula is C17H17N3O. The molecule has 2 heterocycles. The molecule has 0 spiro atoms. The number of nitrogen functional groups attached to an aromatic ring is 1. The molecule has 21 heavy (non-hydrogen) atoms. The predicted molar refractivity (Wildman–Crippen MR) is 82.7 cm³/mol. The van der Waals surface area contributed by atoms with Crippen molar-refractivity contribution in [3.05, 3.63) is 59.5 Å². The van der Waals surface area contributed by atoms with Crippen molar-refractivity contribution in [2.24, 2.45) is 0 Å². The monoisotopic (exact) mass is 279 g/mol. The molecule has 1 aliphatic heterocycles. The van der Waals surface area contributed by atoms with Crippen molar-refractivity contribution in [2.45, 2.75) is 19.5 Å². The maximum Gasteiger partial charge on any atom is 0.209 e. The van der Waals surface area contributed by atoms with E-state index >= 15 is 0 Å². The second kappa shape index (κ2) is 4.90. The van der Waals surface area contributed by atoms with E-state index in [4.69, 9.17) is 10.2 Å². The summed E-state index contributed by atoms with van der Waals surface area (Å²) in [4.78, 5) is 6.91. The van der Waals surface area contributed by atoms with Crippen LogP contribution in [0.4, 0.5) is 5.69 Å². The molecule has 4 rings (SSSR count). The number of hydrogen-bond donors (Lipinski definition) is 1. The van der Waals surface area contributed by atoms with Crippen molar-refractivity contribution in [2.75, 3.05) is 12.3 Å². The Morgan fingerprint density at radius 3 is 2.90 bits per heavy atom. The first kappa shape index (κ1) is 12.4. The average Bonchev–Trinajstić information content (AvgIpc) is 2.88. The first-order valence-electron chi connectivity index (χ1n) is 7.22. The van der Waals surface area contributed by atoms with Gasteiger partial charge in [0.05, 0.1) is 6.54 Å². The van der Waals surface area contributed by atoms with Crippen LogP contribution in [0.25, 0.3) is 11.1 Å². The summed E-state index contributed by atoms with van der Waals surface area (Å²) in [5.74, 6) is 0.759. The number of nitrogens with zero attached hydrogens (tertiary/aromatic N) is 2. The molecule has 4 heteroatoms. The molecule has 3 aromatic rings. The lowest BCUT2D eigenvalue weighted by Crippen LogP contribution is -2.30. The molecular weight excluding hydrogens is 262 g/mol.